The Labute approximate surface area is 116 Å². The normalized spacial score (nSPS) is 17.9. The lowest BCUT2D eigenvalue weighted by Crippen LogP contribution is -2.25. The highest BCUT2D eigenvalue weighted by Gasteiger charge is 2.31. The molecule has 4 nitrogen and oxygen atoms in total. The molecular weight excluding hydrogens is 350 g/mol. The van der Waals surface area contributed by atoms with Gasteiger partial charge < -0.3 is 10.8 Å². The average molecular weight is 361 g/mol. The molecule has 17 heavy (non-hydrogen) atoms. The second-order valence-corrected chi connectivity index (χ2v) is 6.05. The van der Waals surface area contributed by atoms with Gasteiger partial charge in [-0.2, -0.15) is 4.99 Å². The molecule has 0 saturated heterocycles. The highest BCUT2D eigenvalue weighted by atomic mass is 79.9. The van der Waals surface area contributed by atoms with Crippen LogP contribution in [0.15, 0.2) is 31.1 Å². The quantitative estimate of drug-likeness (QED) is 0.754. The number of nitrogens with zero attached hydrogens (tertiary/aromatic N) is 2. The van der Waals surface area contributed by atoms with Crippen molar-refractivity contribution in [1.29, 1.82) is 0 Å². The Morgan fingerprint density at radius 3 is 2.47 bits per heavy atom. The van der Waals surface area contributed by atoms with Gasteiger partial charge in [0.2, 0.25) is 5.90 Å². The number of aliphatic hydroxyl groups excluding tert-OH is 1. The van der Waals surface area contributed by atoms with Crippen LogP contribution in [-0.2, 0) is 0 Å². The molecule has 0 fully saturated rings. The minimum atomic E-state index is -0.684. The van der Waals surface area contributed by atoms with E-state index in [2.05, 4.69) is 41.8 Å². The molecule has 0 unspecified atom stereocenters. The molecule has 1 aliphatic rings. The molecule has 0 atom stereocenters. The van der Waals surface area contributed by atoms with Gasteiger partial charge in [0, 0.05) is 14.5 Å². The fourth-order valence-corrected chi connectivity index (χ4v) is 2.69. The van der Waals surface area contributed by atoms with Crippen molar-refractivity contribution in [3.63, 3.8) is 0 Å². The Bertz CT molecular complexity index is 550. The third kappa shape index (κ3) is 2.24. The second-order valence-electron chi connectivity index (χ2n) is 4.28. The summed E-state index contributed by atoms with van der Waals surface area (Å²) in [6.07, 6.45) is 0. The molecule has 0 spiro atoms. The number of aliphatic hydroxyl groups is 1. The van der Waals surface area contributed by atoms with Gasteiger partial charge in [0.05, 0.1) is 5.69 Å². The minimum Gasteiger partial charge on any atom is -0.495 e. The summed E-state index contributed by atoms with van der Waals surface area (Å²) >= 11 is 6.75. The van der Waals surface area contributed by atoms with Gasteiger partial charge >= 0.3 is 0 Å². The Morgan fingerprint density at radius 2 is 1.94 bits per heavy atom. The summed E-state index contributed by atoms with van der Waals surface area (Å²) in [6.45, 7) is 3.59. The van der Waals surface area contributed by atoms with Crippen molar-refractivity contribution in [1.82, 2.24) is 0 Å². The number of halogens is 2. The Hall–Kier alpha value is -0.880. The number of rotatable bonds is 1. The largest absolute Gasteiger partial charge is 0.495 e. The third-order valence-electron chi connectivity index (χ3n) is 2.48. The molecule has 0 aliphatic carbocycles. The molecule has 1 aromatic rings. The molecule has 1 heterocycles. The van der Waals surface area contributed by atoms with Crippen LogP contribution in [0.2, 0.25) is 0 Å². The molecule has 0 saturated carbocycles. The summed E-state index contributed by atoms with van der Waals surface area (Å²) in [6, 6.07) is 3.68. The molecule has 0 amide bonds. The topological polar surface area (TPSA) is 71.0 Å². The lowest BCUT2D eigenvalue weighted by atomic mass is 10.1. The molecule has 1 aliphatic heterocycles. The van der Waals surface area contributed by atoms with Crippen LogP contribution >= 0.6 is 31.9 Å². The lowest BCUT2D eigenvalue weighted by Gasteiger charge is -2.11. The predicted octanol–water partition coefficient (Wildman–Crippen LogP) is 3.29. The smallest absolute Gasteiger partial charge is 0.215 e. The first-order chi connectivity index (χ1) is 7.81. The maximum Gasteiger partial charge on any atom is 0.215 e. The van der Waals surface area contributed by atoms with Gasteiger partial charge in [-0.1, -0.05) is 15.9 Å². The van der Waals surface area contributed by atoms with Crippen LogP contribution in [0.1, 0.15) is 19.4 Å². The van der Waals surface area contributed by atoms with Crippen LogP contribution in [0.25, 0.3) is 0 Å². The van der Waals surface area contributed by atoms with Crippen LogP contribution in [0, 0.1) is 0 Å². The molecule has 1 aromatic carbocycles. The lowest BCUT2D eigenvalue weighted by molar-refractivity contribution is 0.482. The Kier molecular flexibility index (Phi) is 3.03. The molecule has 2 rings (SSSR count). The van der Waals surface area contributed by atoms with Gasteiger partial charge in [-0.25, -0.2) is 4.99 Å². The van der Waals surface area contributed by atoms with E-state index in [1.165, 1.54) is 0 Å². The van der Waals surface area contributed by atoms with E-state index in [4.69, 9.17) is 5.73 Å². The van der Waals surface area contributed by atoms with Gasteiger partial charge in [-0.15, -0.1) is 0 Å². The summed E-state index contributed by atoms with van der Waals surface area (Å²) in [5.74, 6) is 0.454. The van der Waals surface area contributed by atoms with Gasteiger partial charge in [-0.05, 0) is 41.9 Å². The van der Waals surface area contributed by atoms with E-state index < -0.39 is 5.54 Å². The zero-order valence-corrected chi connectivity index (χ0v) is 12.5. The number of anilines is 1. The van der Waals surface area contributed by atoms with E-state index in [0.29, 0.717) is 17.1 Å². The maximum absolute atomic E-state index is 9.69. The number of hydrogen-bond acceptors (Lipinski definition) is 3. The number of benzene rings is 1. The van der Waals surface area contributed by atoms with Crippen molar-refractivity contribution in [3.8, 4) is 0 Å². The molecule has 6 heteroatoms. The van der Waals surface area contributed by atoms with Gasteiger partial charge in [-0.3, -0.25) is 0 Å². The number of amidine groups is 1. The van der Waals surface area contributed by atoms with Crippen molar-refractivity contribution in [3.05, 3.63) is 26.6 Å². The number of nitrogen functional groups attached to an aromatic ring is 1. The Morgan fingerprint density at radius 1 is 1.29 bits per heavy atom. The van der Waals surface area contributed by atoms with E-state index in [1.807, 2.05) is 12.1 Å². The van der Waals surface area contributed by atoms with Gasteiger partial charge in [0.15, 0.2) is 5.84 Å². The van der Waals surface area contributed by atoms with E-state index >= 15 is 0 Å². The first-order valence-corrected chi connectivity index (χ1v) is 6.53. The van der Waals surface area contributed by atoms with Crippen LogP contribution in [0.4, 0.5) is 5.69 Å². The Balaban J connectivity index is 2.58. The summed E-state index contributed by atoms with van der Waals surface area (Å²) < 4.78 is 1.64. The average Bonchev–Trinajstić information content (AvgIpc) is 2.47. The van der Waals surface area contributed by atoms with Crippen LogP contribution in [0.3, 0.4) is 0 Å². The van der Waals surface area contributed by atoms with Gasteiger partial charge in [0.25, 0.3) is 0 Å². The van der Waals surface area contributed by atoms with Crippen LogP contribution in [-0.4, -0.2) is 22.4 Å². The number of nitrogens with two attached hydrogens (primary N) is 1. The van der Waals surface area contributed by atoms with Crippen molar-refractivity contribution < 1.29 is 5.11 Å². The number of aliphatic imine (C=N–C) groups is 2. The van der Waals surface area contributed by atoms with E-state index in [-0.39, 0.29) is 5.90 Å². The van der Waals surface area contributed by atoms with E-state index in [0.717, 1.165) is 8.95 Å². The van der Waals surface area contributed by atoms with Crippen LogP contribution in [0.5, 0.6) is 0 Å². The zero-order chi connectivity index (χ0) is 12.8. The summed E-state index contributed by atoms with van der Waals surface area (Å²) in [4.78, 5) is 8.41. The number of hydrogen-bond donors (Lipinski definition) is 2. The molecule has 0 bridgehead atoms. The zero-order valence-electron chi connectivity index (χ0n) is 9.33. The fraction of sp³-hybridized carbons (Fsp3) is 0.273. The van der Waals surface area contributed by atoms with Gasteiger partial charge in [0.1, 0.15) is 5.54 Å². The monoisotopic (exact) mass is 359 g/mol. The van der Waals surface area contributed by atoms with Crippen molar-refractivity contribution in [2.45, 2.75) is 19.4 Å². The van der Waals surface area contributed by atoms with Crippen LogP contribution < -0.4 is 5.73 Å². The van der Waals surface area contributed by atoms with Crippen molar-refractivity contribution in [2.75, 3.05) is 5.73 Å². The molecule has 0 radical (unpaired) electrons. The summed E-state index contributed by atoms with van der Waals surface area (Å²) in [5.41, 5.74) is 6.54. The molecule has 3 N–H and O–H groups in total. The third-order valence-corrected chi connectivity index (χ3v) is 3.59. The maximum atomic E-state index is 9.69. The molecule has 0 aromatic heterocycles. The SMILES string of the molecule is CC1(C)N=C(c2cc(Br)cc(Br)c2N)N=C1O. The van der Waals surface area contributed by atoms with E-state index in [9.17, 15) is 5.11 Å². The predicted molar refractivity (Wildman–Crippen MR) is 76.9 cm³/mol. The minimum absolute atomic E-state index is 0.00278. The first-order valence-electron chi connectivity index (χ1n) is 4.94. The van der Waals surface area contributed by atoms with E-state index in [1.54, 1.807) is 13.8 Å². The first kappa shape index (κ1) is 12.6. The fourth-order valence-electron chi connectivity index (χ4n) is 1.47. The second kappa shape index (κ2) is 4.10. The highest BCUT2D eigenvalue weighted by molar-refractivity contribution is 9.11. The molecular formula is C11H11Br2N3O. The standard InChI is InChI=1S/C11H11Br2N3O/c1-11(2)10(17)15-9(16-11)6-3-5(12)4-7(13)8(6)14/h3-4H,14H2,1-2H3,(H,15,16,17). The highest BCUT2D eigenvalue weighted by Crippen LogP contribution is 2.31. The summed E-state index contributed by atoms with van der Waals surface area (Å²) in [7, 11) is 0. The summed E-state index contributed by atoms with van der Waals surface area (Å²) in [5, 5.41) is 9.69. The van der Waals surface area contributed by atoms with Crippen molar-refractivity contribution >= 4 is 49.3 Å². The molecule has 90 valence electrons. The van der Waals surface area contributed by atoms with Crippen molar-refractivity contribution in [2.24, 2.45) is 9.98 Å².